The summed E-state index contributed by atoms with van der Waals surface area (Å²) < 4.78 is 5.61. The third-order valence-electron chi connectivity index (χ3n) is 3.53. The van der Waals surface area contributed by atoms with Crippen LogP contribution in [0.2, 0.25) is 0 Å². The minimum absolute atomic E-state index is 0.805. The van der Waals surface area contributed by atoms with Crippen molar-refractivity contribution in [3.05, 3.63) is 12.2 Å². The Morgan fingerprint density at radius 1 is 0.750 bits per heavy atom. The SMILES string of the molecule is CCCCCC/C=C\COCCCCCCCCCBr. The number of hydrogen-bond acceptors (Lipinski definition) is 1. The second kappa shape index (κ2) is 19.2. The molecule has 0 aliphatic heterocycles. The summed E-state index contributed by atoms with van der Waals surface area (Å²) in [6.07, 6.45) is 20.5. The number of halogens is 1. The van der Waals surface area contributed by atoms with Crippen LogP contribution in [-0.4, -0.2) is 18.5 Å². The molecule has 0 saturated carbocycles. The fourth-order valence-corrected chi connectivity index (χ4v) is 2.61. The van der Waals surface area contributed by atoms with E-state index in [1.54, 1.807) is 0 Å². The van der Waals surface area contributed by atoms with Crippen molar-refractivity contribution in [1.82, 2.24) is 0 Å². The van der Waals surface area contributed by atoms with Crippen molar-refractivity contribution in [3.63, 3.8) is 0 Å². The van der Waals surface area contributed by atoms with E-state index in [2.05, 4.69) is 35.0 Å². The first kappa shape index (κ1) is 20.2. The molecule has 0 aromatic rings. The van der Waals surface area contributed by atoms with Gasteiger partial charge in [0.05, 0.1) is 6.61 Å². The van der Waals surface area contributed by atoms with Crippen molar-refractivity contribution < 1.29 is 4.74 Å². The topological polar surface area (TPSA) is 9.23 Å². The van der Waals surface area contributed by atoms with Crippen LogP contribution in [0.1, 0.15) is 84.0 Å². The monoisotopic (exact) mass is 346 g/mol. The quantitative estimate of drug-likeness (QED) is 0.172. The fraction of sp³-hybridized carbons (Fsp3) is 0.889. The predicted molar refractivity (Wildman–Crippen MR) is 94.8 cm³/mol. The predicted octanol–water partition coefficient (Wildman–Crippen LogP) is 6.66. The molecule has 0 spiro atoms. The molecule has 1 nitrogen and oxygen atoms in total. The van der Waals surface area contributed by atoms with Gasteiger partial charge < -0.3 is 4.74 Å². The van der Waals surface area contributed by atoms with Crippen molar-refractivity contribution in [2.45, 2.75) is 84.0 Å². The molecule has 120 valence electrons. The van der Waals surface area contributed by atoms with E-state index in [1.807, 2.05) is 0 Å². The Labute approximate surface area is 135 Å². The van der Waals surface area contributed by atoms with Crippen molar-refractivity contribution in [2.24, 2.45) is 0 Å². The van der Waals surface area contributed by atoms with Crippen molar-refractivity contribution in [1.29, 1.82) is 0 Å². The fourth-order valence-electron chi connectivity index (χ4n) is 2.21. The maximum atomic E-state index is 5.61. The molecule has 0 rings (SSSR count). The van der Waals surface area contributed by atoms with Crippen molar-refractivity contribution in [3.8, 4) is 0 Å². The Morgan fingerprint density at radius 2 is 1.40 bits per heavy atom. The summed E-state index contributed by atoms with van der Waals surface area (Å²) in [6.45, 7) is 3.99. The van der Waals surface area contributed by atoms with E-state index in [9.17, 15) is 0 Å². The van der Waals surface area contributed by atoms with Crippen LogP contribution in [0.4, 0.5) is 0 Å². The third kappa shape index (κ3) is 18.2. The smallest absolute Gasteiger partial charge is 0.0647 e. The summed E-state index contributed by atoms with van der Waals surface area (Å²) in [6, 6.07) is 0. The van der Waals surface area contributed by atoms with Crippen molar-refractivity contribution >= 4 is 15.9 Å². The van der Waals surface area contributed by atoms with Crippen LogP contribution >= 0.6 is 15.9 Å². The van der Waals surface area contributed by atoms with E-state index in [0.717, 1.165) is 18.5 Å². The molecule has 0 amide bonds. The average molecular weight is 347 g/mol. The first-order valence-corrected chi connectivity index (χ1v) is 9.82. The minimum atomic E-state index is 0.805. The van der Waals surface area contributed by atoms with Gasteiger partial charge in [0.2, 0.25) is 0 Å². The molecule has 0 unspecified atom stereocenters. The number of alkyl halides is 1. The molecule has 0 aromatic heterocycles. The Balaban J connectivity index is 3.00. The molecule has 0 bridgehead atoms. The van der Waals surface area contributed by atoms with Crippen LogP contribution in [0.25, 0.3) is 0 Å². The van der Waals surface area contributed by atoms with Crippen LogP contribution in [0.15, 0.2) is 12.2 Å². The van der Waals surface area contributed by atoms with Crippen LogP contribution in [-0.2, 0) is 4.74 Å². The summed E-state index contributed by atoms with van der Waals surface area (Å²) in [4.78, 5) is 0. The van der Waals surface area contributed by atoms with E-state index in [1.165, 1.54) is 77.0 Å². The number of hydrogen-bond donors (Lipinski definition) is 0. The van der Waals surface area contributed by atoms with Gasteiger partial charge in [-0.1, -0.05) is 86.4 Å². The highest BCUT2D eigenvalue weighted by molar-refractivity contribution is 9.09. The van der Waals surface area contributed by atoms with Crippen LogP contribution in [0.3, 0.4) is 0 Å². The first-order valence-electron chi connectivity index (χ1n) is 8.70. The first-order chi connectivity index (χ1) is 9.91. The molecule has 0 N–H and O–H groups in total. The number of unbranched alkanes of at least 4 members (excludes halogenated alkanes) is 10. The van der Waals surface area contributed by atoms with Gasteiger partial charge in [-0.25, -0.2) is 0 Å². The van der Waals surface area contributed by atoms with E-state index >= 15 is 0 Å². The third-order valence-corrected chi connectivity index (χ3v) is 4.09. The Morgan fingerprint density at radius 3 is 2.10 bits per heavy atom. The lowest BCUT2D eigenvalue weighted by molar-refractivity contribution is 0.157. The van der Waals surface area contributed by atoms with Gasteiger partial charge in [-0.05, 0) is 25.7 Å². The molecular formula is C18H35BrO. The Hall–Kier alpha value is 0.180. The normalized spacial score (nSPS) is 11.5. The average Bonchev–Trinajstić information content (AvgIpc) is 2.47. The molecule has 20 heavy (non-hydrogen) atoms. The summed E-state index contributed by atoms with van der Waals surface area (Å²) >= 11 is 3.47. The zero-order valence-electron chi connectivity index (χ0n) is 13.5. The summed E-state index contributed by atoms with van der Waals surface area (Å²) in [7, 11) is 0. The summed E-state index contributed by atoms with van der Waals surface area (Å²) in [5.41, 5.74) is 0. The maximum absolute atomic E-state index is 5.61. The van der Waals surface area contributed by atoms with Crippen LogP contribution in [0, 0.1) is 0 Å². The Kier molecular flexibility index (Phi) is 19.4. The number of rotatable bonds is 16. The molecule has 0 atom stereocenters. The van der Waals surface area contributed by atoms with Gasteiger partial charge in [0.25, 0.3) is 0 Å². The second-order valence-corrected chi connectivity index (χ2v) is 6.35. The lowest BCUT2D eigenvalue weighted by atomic mass is 10.1. The zero-order valence-corrected chi connectivity index (χ0v) is 15.1. The lowest BCUT2D eigenvalue weighted by Gasteiger charge is -2.02. The van der Waals surface area contributed by atoms with Gasteiger partial charge in [-0.2, -0.15) is 0 Å². The van der Waals surface area contributed by atoms with Crippen LogP contribution < -0.4 is 0 Å². The summed E-state index contributed by atoms with van der Waals surface area (Å²) in [5.74, 6) is 0. The van der Waals surface area contributed by atoms with Gasteiger partial charge in [-0.3, -0.25) is 0 Å². The highest BCUT2D eigenvalue weighted by Crippen LogP contribution is 2.08. The number of allylic oxidation sites excluding steroid dienone is 1. The minimum Gasteiger partial charge on any atom is -0.377 e. The zero-order chi connectivity index (χ0) is 14.7. The molecule has 0 heterocycles. The van der Waals surface area contributed by atoms with Gasteiger partial charge >= 0.3 is 0 Å². The summed E-state index contributed by atoms with van der Waals surface area (Å²) in [5, 5.41) is 1.16. The van der Waals surface area contributed by atoms with Gasteiger partial charge in [-0.15, -0.1) is 0 Å². The maximum Gasteiger partial charge on any atom is 0.0647 e. The highest BCUT2D eigenvalue weighted by atomic mass is 79.9. The molecule has 0 aromatic carbocycles. The molecular weight excluding hydrogens is 312 g/mol. The largest absolute Gasteiger partial charge is 0.377 e. The Bertz CT molecular complexity index is 192. The van der Waals surface area contributed by atoms with Gasteiger partial charge in [0, 0.05) is 11.9 Å². The number of ether oxygens (including phenoxy) is 1. The lowest BCUT2D eigenvalue weighted by Crippen LogP contribution is -1.94. The molecule has 2 heteroatoms. The van der Waals surface area contributed by atoms with E-state index < -0.39 is 0 Å². The highest BCUT2D eigenvalue weighted by Gasteiger charge is 1.91. The second-order valence-electron chi connectivity index (χ2n) is 5.56. The van der Waals surface area contributed by atoms with E-state index in [0.29, 0.717) is 0 Å². The molecule has 0 aliphatic carbocycles. The van der Waals surface area contributed by atoms with Crippen molar-refractivity contribution in [2.75, 3.05) is 18.5 Å². The molecule has 0 aliphatic rings. The van der Waals surface area contributed by atoms with E-state index in [-0.39, 0.29) is 0 Å². The molecule has 0 saturated heterocycles. The standard InChI is InChI=1S/C18H35BrO/c1-2-3-4-5-8-11-14-17-20-18-15-12-9-6-7-10-13-16-19/h11,14H,2-10,12-13,15-18H2,1H3/b14-11-. The van der Waals surface area contributed by atoms with Gasteiger partial charge in [0.1, 0.15) is 0 Å². The molecule has 0 radical (unpaired) electrons. The van der Waals surface area contributed by atoms with Gasteiger partial charge in [0.15, 0.2) is 0 Å². The molecule has 0 fully saturated rings. The van der Waals surface area contributed by atoms with E-state index in [4.69, 9.17) is 4.74 Å². The van der Waals surface area contributed by atoms with Crippen LogP contribution in [0.5, 0.6) is 0 Å².